The molecule has 2 heteroatoms. The number of nitrogens with one attached hydrogen (secondary N) is 1. The third-order valence-corrected chi connectivity index (χ3v) is 3.84. The predicted octanol–water partition coefficient (Wildman–Crippen LogP) is 4.19. The van der Waals surface area contributed by atoms with E-state index in [2.05, 4.69) is 48.6 Å². The maximum absolute atomic E-state index is 11.4. The first kappa shape index (κ1) is 12.9. The summed E-state index contributed by atoms with van der Waals surface area (Å²) in [6, 6.07) is 15.0. The average molecular weight is 265 g/mol. The maximum atomic E-state index is 11.4. The van der Waals surface area contributed by atoms with E-state index in [0.717, 1.165) is 17.7 Å². The molecule has 1 amide bonds. The van der Waals surface area contributed by atoms with Gasteiger partial charge in [0.1, 0.15) is 0 Å². The highest BCUT2D eigenvalue weighted by Crippen LogP contribution is 2.29. The van der Waals surface area contributed by atoms with Gasteiger partial charge in [-0.1, -0.05) is 43.7 Å². The second-order valence-electron chi connectivity index (χ2n) is 5.40. The second-order valence-corrected chi connectivity index (χ2v) is 5.40. The Balaban J connectivity index is 1.83. The second kappa shape index (κ2) is 5.49. The third kappa shape index (κ3) is 2.60. The average Bonchev–Trinajstić information content (AvgIpc) is 2.84. The van der Waals surface area contributed by atoms with Crippen LogP contribution in [0.2, 0.25) is 0 Å². The SMILES string of the molecule is CCCCc1ccc(-c2ccc3c(c2)CC(=O)N3)cc1. The number of hydrogen-bond acceptors (Lipinski definition) is 1. The molecule has 0 saturated carbocycles. The van der Waals surface area contributed by atoms with Gasteiger partial charge < -0.3 is 5.32 Å². The molecule has 2 aromatic rings. The zero-order valence-electron chi connectivity index (χ0n) is 11.8. The molecule has 1 N–H and O–H groups in total. The van der Waals surface area contributed by atoms with Gasteiger partial charge in [-0.15, -0.1) is 0 Å². The molecule has 0 radical (unpaired) electrons. The van der Waals surface area contributed by atoms with Gasteiger partial charge in [0.2, 0.25) is 5.91 Å². The van der Waals surface area contributed by atoms with E-state index in [1.807, 2.05) is 6.07 Å². The van der Waals surface area contributed by atoms with Crippen molar-refractivity contribution < 1.29 is 4.79 Å². The highest BCUT2D eigenvalue weighted by Gasteiger charge is 2.17. The van der Waals surface area contributed by atoms with E-state index >= 15 is 0 Å². The topological polar surface area (TPSA) is 29.1 Å². The summed E-state index contributed by atoms with van der Waals surface area (Å²) in [5, 5.41) is 2.87. The number of carbonyl (C=O) groups excluding carboxylic acids is 1. The van der Waals surface area contributed by atoms with Gasteiger partial charge in [0.15, 0.2) is 0 Å². The number of amides is 1. The fraction of sp³-hybridized carbons (Fsp3) is 0.278. The molecule has 0 saturated heterocycles. The first-order valence-corrected chi connectivity index (χ1v) is 7.28. The lowest BCUT2D eigenvalue weighted by atomic mass is 9.99. The molecule has 0 atom stereocenters. The summed E-state index contributed by atoms with van der Waals surface area (Å²) in [5.41, 5.74) is 5.85. The molecule has 1 heterocycles. The van der Waals surface area contributed by atoms with Gasteiger partial charge in [0.25, 0.3) is 0 Å². The third-order valence-electron chi connectivity index (χ3n) is 3.84. The Morgan fingerprint density at radius 3 is 2.55 bits per heavy atom. The molecule has 1 aliphatic rings. The van der Waals surface area contributed by atoms with Crippen molar-refractivity contribution in [3.63, 3.8) is 0 Å². The minimum absolute atomic E-state index is 0.0899. The Morgan fingerprint density at radius 1 is 1.05 bits per heavy atom. The largest absolute Gasteiger partial charge is 0.326 e. The molecule has 2 aromatic carbocycles. The van der Waals surface area contributed by atoms with Gasteiger partial charge >= 0.3 is 0 Å². The number of aryl methyl sites for hydroxylation is 1. The zero-order chi connectivity index (χ0) is 13.9. The molecule has 0 unspecified atom stereocenters. The molecule has 0 bridgehead atoms. The predicted molar refractivity (Wildman–Crippen MR) is 82.8 cm³/mol. The molecule has 0 fully saturated rings. The lowest BCUT2D eigenvalue weighted by molar-refractivity contribution is -0.115. The zero-order valence-corrected chi connectivity index (χ0v) is 11.8. The minimum atomic E-state index is 0.0899. The van der Waals surface area contributed by atoms with Crippen LogP contribution in [0.15, 0.2) is 42.5 Å². The van der Waals surface area contributed by atoms with E-state index in [9.17, 15) is 4.79 Å². The molecular weight excluding hydrogens is 246 g/mol. The normalized spacial score (nSPS) is 13.2. The Labute approximate surface area is 119 Å². The van der Waals surface area contributed by atoms with Crippen molar-refractivity contribution in [1.82, 2.24) is 0 Å². The first-order valence-electron chi connectivity index (χ1n) is 7.28. The monoisotopic (exact) mass is 265 g/mol. The van der Waals surface area contributed by atoms with Gasteiger partial charge in [0.05, 0.1) is 6.42 Å². The van der Waals surface area contributed by atoms with Crippen LogP contribution >= 0.6 is 0 Å². The van der Waals surface area contributed by atoms with Crippen LogP contribution in [0.5, 0.6) is 0 Å². The summed E-state index contributed by atoms with van der Waals surface area (Å²) in [6.07, 6.45) is 4.12. The van der Waals surface area contributed by atoms with Crippen molar-refractivity contribution in [3.05, 3.63) is 53.6 Å². The van der Waals surface area contributed by atoms with E-state index in [1.165, 1.54) is 29.5 Å². The Kier molecular flexibility index (Phi) is 3.55. The Bertz CT molecular complexity index is 628. The first-order chi connectivity index (χ1) is 9.76. The van der Waals surface area contributed by atoms with Crippen LogP contribution in [-0.2, 0) is 17.6 Å². The van der Waals surface area contributed by atoms with Crippen molar-refractivity contribution in [1.29, 1.82) is 0 Å². The molecular formula is C18H19NO. The Morgan fingerprint density at radius 2 is 1.80 bits per heavy atom. The van der Waals surface area contributed by atoms with Gasteiger partial charge in [-0.25, -0.2) is 0 Å². The quantitative estimate of drug-likeness (QED) is 0.882. The summed E-state index contributed by atoms with van der Waals surface area (Å²) in [6.45, 7) is 2.22. The maximum Gasteiger partial charge on any atom is 0.228 e. The number of carbonyl (C=O) groups is 1. The molecule has 0 aromatic heterocycles. The molecule has 20 heavy (non-hydrogen) atoms. The van der Waals surface area contributed by atoms with Crippen LogP contribution in [0.1, 0.15) is 30.9 Å². The highest BCUT2D eigenvalue weighted by molar-refractivity contribution is 5.99. The van der Waals surface area contributed by atoms with Crippen molar-refractivity contribution in [2.45, 2.75) is 32.6 Å². The Hall–Kier alpha value is -2.09. The molecule has 3 rings (SSSR count). The van der Waals surface area contributed by atoms with E-state index in [0.29, 0.717) is 6.42 Å². The standard InChI is InChI=1S/C18H19NO/c1-2-3-4-13-5-7-14(8-6-13)15-9-10-17-16(11-15)12-18(20)19-17/h5-11H,2-4,12H2,1H3,(H,19,20). The number of unbranched alkanes of at least 4 members (excludes halogenated alkanes) is 1. The van der Waals surface area contributed by atoms with E-state index in [1.54, 1.807) is 0 Å². The number of fused-ring (bicyclic) bond motifs is 1. The fourth-order valence-corrected chi connectivity index (χ4v) is 2.65. The lowest BCUT2D eigenvalue weighted by Crippen LogP contribution is -2.03. The van der Waals surface area contributed by atoms with Crippen molar-refractivity contribution in [3.8, 4) is 11.1 Å². The van der Waals surface area contributed by atoms with Crippen LogP contribution in [0.4, 0.5) is 5.69 Å². The van der Waals surface area contributed by atoms with Gasteiger partial charge in [-0.2, -0.15) is 0 Å². The number of hydrogen-bond donors (Lipinski definition) is 1. The van der Waals surface area contributed by atoms with Crippen molar-refractivity contribution >= 4 is 11.6 Å². The number of benzene rings is 2. The van der Waals surface area contributed by atoms with E-state index in [-0.39, 0.29) is 5.91 Å². The van der Waals surface area contributed by atoms with Crippen LogP contribution < -0.4 is 5.32 Å². The summed E-state index contributed by atoms with van der Waals surface area (Å²) < 4.78 is 0. The minimum Gasteiger partial charge on any atom is -0.326 e. The lowest BCUT2D eigenvalue weighted by Gasteiger charge is -2.06. The molecule has 102 valence electrons. The van der Waals surface area contributed by atoms with E-state index < -0.39 is 0 Å². The van der Waals surface area contributed by atoms with Crippen molar-refractivity contribution in [2.24, 2.45) is 0 Å². The molecule has 1 aliphatic heterocycles. The van der Waals surface area contributed by atoms with Gasteiger partial charge in [-0.3, -0.25) is 4.79 Å². The molecule has 0 spiro atoms. The number of rotatable bonds is 4. The summed E-state index contributed by atoms with van der Waals surface area (Å²) in [5.74, 6) is 0.0899. The van der Waals surface area contributed by atoms with E-state index in [4.69, 9.17) is 0 Å². The molecule has 0 aliphatic carbocycles. The smallest absolute Gasteiger partial charge is 0.228 e. The highest BCUT2D eigenvalue weighted by atomic mass is 16.1. The van der Waals surface area contributed by atoms with Gasteiger partial charge in [0, 0.05) is 5.69 Å². The van der Waals surface area contributed by atoms with Crippen molar-refractivity contribution in [2.75, 3.05) is 5.32 Å². The van der Waals surface area contributed by atoms with Crippen LogP contribution in [0.3, 0.4) is 0 Å². The van der Waals surface area contributed by atoms with Crippen LogP contribution in [-0.4, -0.2) is 5.91 Å². The van der Waals surface area contributed by atoms with Crippen LogP contribution in [0, 0.1) is 0 Å². The van der Waals surface area contributed by atoms with Gasteiger partial charge in [-0.05, 0) is 47.2 Å². The fourth-order valence-electron chi connectivity index (χ4n) is 2.65. The summed E-state index contributed by atoms with van der Waals surface area (Å²) in [4.78, 5) is 11.4. The number of anilines is 1. The van der Waals surface area contributed by atoms with Crippen LogP contribution in [0.25, 0.3) is 11.1 Å². The summed E-state index contributed by atoms with van der Waals surface area (Å²) >= 11 is 0. The summed E-state index contributed by atoms with van der Waals surface area (Å²) in [7, 11) is 0. The molecule has 2 nitrogen and oxygen atoms in total.